The van der Waals surface area contributed by atoms with Gasteiger partial charge in [-0.25, -0.2) is 4.39 Å². The quantitative estimate of drug-likeness (QED) is 0.785. The van der Waals surface area contributed by atoms with Gasteiger partial charge in [0, 0.05) is 12.1 Å². The molecule has 0 saturated carbocycles. The van der Waals surface area contributed by atoms with Gasteiger partial charge in [0.15, 0.2) is 11.5 Å². The summed E-state index contributed by atoms with van der Waals surface area (Å²) in [4.78, 5) is 14.5. The fourth-order valence-electron chi connectivity index (χ4n) is 2.69. The van der Waals surface area contributed by atoms with Crippen molar-refractivity contribution in [2.75, 3.05) is 34.4 Å². The first-order valence-electron chi connectivity index (χ1n) is 8.47. The number of carbonyl (C=O) groups is 1. The summed E-state index contributed by atoms with van der Waals surface area (Å²) in [6, 6.07) is 11.3. The number of hydrogen-bond acceptors (Lipinski definition) is 4. The van der Waals surface area contributed by atoms with E-state index < -0.39 is 0 Å². The van der Waals surface area contributed by atoms with Crippen molar-refractivity contribution in [2.45, 2.75) is 13.0 Å². The number of nitrogens with one attached hydrogen (secondary N) is 1. The number of benzene rings is 2. The average Bonchev–Trinajstić information content (AvgIpc) is 2.61. The molecule has 5 nitrogen and oxygen atoms in total. The number of ether oxygens (including phenoxy) is 2. The van der Waals surface area contributed by atoms with Crippen LogP contribution in [0.3, 0.4) is 0 Å². The van der Waals surface area contributed by atoms with Crippen LogP contribution < -0.4 is 14.8 Å². The van der Waals surface area contributed by atoms with E-state index in [1.54, 1.807) is 31.4 Å². The lowest BCUT2D eigenvalue weighted by molar-refractivity contribution is 0.0941. The predicted molar refractivity (Wildman–Crippen MR) is 99.3 cm³/mol. The van der Waals surface area contributed by atoms with E-state index >= 15 is 0 Å². The van der Waals surface area contributed by atoms with Crippen molar-refractivity contribution in [3.63, 3.8) is 0 Å². The van der Waals surface area contributed by atoms with E-state index in [4.69, 9.17) is 9.47 Å². The second-order valence-electron chi connectivity index (χ2n) is 6.04. The van der Waals surface area contributed by atoms with Crippen LogP contribution in [-0.4, -0.2) is 45.2 Å². The van der Waals surface area contributed by atoms with Crippen LogP contribution in [0, 0.1) is 5.82 Å². The minimum atomic E-state index is -0.294. The summed E-state index contributed by atoms with van der Waals surface area (Å²) in [6.45, 7) is 2.70. The van der Waals surface area contributed by atoms with Crippen LogP contribution in [0.1, 0.15) is 28.9 Å². The fraction of sp³-hybridized carbons (Fsp3) is 0.350. The molecule has 0 aliphatic carbocycles. The summed E-state index contributed by atoms with van der Waals surface area (Å²) in [6.07, 6.45) is 0. The lowest BCUT2D eigenvalue weighted by atomic mass is 10.1. The summed E-state index contributed by atoms with van der Waals surface area (Å²) in [5, 5.41) is 2.91. The van der Waals surface area contributed by atoms with Gasteiger partial charge < -0.3 is 19.7 Å². The standard InChI is InChI=1S/C20H25FN2O3/c1-5-26-19-12-15(9-10-18(19)25-4)20(24)22-13-17(23(2)3)14-7-6-8-16(21)11-14/h6-12,17H,5,13H2,1-4H3,(H,22,24). The number of nitrogens with zero attached hydrogens (tertiary/aromatic N) is 1. The molecule has 0 fully saturated rings. The largest absolute Gasteiger partial charge is 0.493 e. The zero-order chi connectivity index (χ0) is 19.1. The van der Waals surface area contributed by atoms with E-state index in [1.807, 2.05) is 32.0 Å². The highest BCUT2D eigenvalue weighted by Crippen LogP contribution is 2.28. The number of halogens is 1. The number of methoxy groups -OCH3 is 1. The van der Waals surface area contributed by atoms with Gasteiger partial charge in [0.2, 0.25) is 0 Å². The van der Waals surface area contributed by atoms with Gasteiger partial charge in [-0.15, -0.1) is 0 Å². The normalized spacial score (nSPS) is 11.9. The van der Waals surface area contributed by atoms with Gasteiger partial charge >= 0.3 is 0 Å². The third-order valence-electron chi connectivity index (χ3n) is 4.04. The number of likely N-dealkylation sites (N-methyl/N-ethyl adjacent to an activating group) is 1. The molecule has 6 heteroatoms. The number of carbonyl (C=O) groups excluding carboxylic acids is 1. The number of rotatable bonds is 8. The van der Waals surface area contributed by atoms with Crippen molar-refractivity contribution < 1.29 is 18.7 Å². The summed E-state index contributed by atoms with van der Waals surface area (Å²) in [5.74, 6) is 0.584. The number of hydrogen-bond donors (Lipinski definition) is 1. The SMILES string of the molecule is CCOc1cc(C(=O)NCC(c2cccc(F)c2)N(C)C)ccc1OC. The first-order valence-corrected chi connectivity index (χ1v) is 8.47. The molecule has 26 heavy (non-hydrogen) atoms. The van der Waals surface area contributed by atoms with Crippen LogP contribution in [0.2, 0.25) is 0 Å². The van der Waals surface area contributed by atoms with Gasteiger partial charge in [-0.2, -0.15) is 0 Å². The van der Waals surface area contributed by atoms with Gasteiger partial charge in [0.25, 0.3) is 5.91 Å². The lowest BCUT2D eigenvalue weighted by Gasteiger charge is -2.25. The molecule has 1 atom stereocenters. The van der Waals surface area contributed by atoms with Gasteiger partial charge in [0.1, 0.15) is 5.82 Å². The van der Waals surface area contributed by atoms with Crippen molar-refractivity contribution in [1.29, 1.82) is 0 Å². The molecule has 1 unspecified atom stereocenters. The minimum Gasteiger partial charge on any atom is -0.493 e. The molecule has 0 radical (unpaired) electrons. The van der Waals surface area contributed by atoms with Crippen molar-refractivity contribution >= 4 is 5.91 Å². The summed E-state index contributed by atoms with van der Waals surface area (Å²) in [7, 11) is 5.34. The smallest absolute Gasteiger partial charge is 0.251 e. The van der Waals surface area contributed by atoms with Gasteiger partial charge in [-0.3, -0.25) is 4.79 Å². The minimum absolute atomic E-state index is 0.140. The first-order chi connectivity index (χ1) is 12.5. The van der Waals surface area contributed by atoms with Gasteiger partial charge in [-0.05, 0) is 56.9 Å². The molecule has 0 aliphatic heterocycles. The first kappa shape index (κ1) is 19.7. The molecule has 1 N–H and O–H groups in total. The van der Waals surface area contributed by atoms with E-state index in [9.17, 15) is 9.18 Å². The Balaban J connectivity index is 2.12. The third kappa shape index (κ3) is 4.95. The third-order valence-corrected chi connectivity index (χ3v) is 4.04. The van der Waals surface area contributed by atoms with E-state index in [2.05, 4.69) is 5.32 Å². The number of amides is 1. The Hall–Kier alpha value is -2.60. The maximum absolute atomic E-state index is 13.5. The van der Waals surface area contributed by atoms with E-state index in [-0.39, 0.29) is 17.8 Å². The summed E-state index contributed by atoms with van der Waals surface area (Å²) in [5.41, 5.74) is 1.28. The molecule has 1 amide bonds. The van der Waals surface area contributed by atoms with Crippen LogP contribution in [0.5, 0.6) is 11.5 Å². The lowest BCUT2D eigenvalue weighted by Crippen LogP contribution is -2.34. The van der Waals surface area contributed by atoms with Crippen LogP contribution in [0.4, 0.5) is 4.39 Å². The van der Waals surface area contributed by atoms with E-state index in [0.29, 0.717) is 30.2 Å². The average molecular weight is 360 g/mol. The molecule has 0 heterocycles. The second kappa shape index (κ2) is 9.20. The predicted octanol–water partition coefficient (Wildman–Crippen LogP) is 3.27. The molecule has 0 aliphatic rings. The van der Waals surface area contributed by atoms with Crippen molar-refractivity contribution in [3.05, 3.63) is 59.4 Å². The fourth-order valence-corrected chi connectivity index (χ4v) is 2.69. The molecule has 0 bridgehead atoms. The molecule has 2 rings (SSSR count). The second-order valence-corrected chi connectivity index (χ2v) is 6.04. The Morgan fingerprint density at radius 2 is 1.96 bits per heavy atom. The monoisotopic (exact) mass is 360 g/mol. The molecule has 2 aromatic rings. The van der Waals surface area contributed by atoms with Crippen LogP contribution in [-0.2, 0) is 0 Å². The molecule has 0 spiro atoms. The van der Waals surface area contributed by atoms with Crippen LogP contribution in [0.15, 0.2) is 42.5 Å². The van der Waals surface area contributed by atoms with Crippen LogP contribution in [0.25, 0.3) is 0 Å². The Morgan fingerprint density at radius 1 is 1.19 bits per heavy atom. The van der Waals surface area contributed by atoms with E-state index in [0.717, 1.165) is 5.56 Å². The van der Waals surface area contributed by atoms with Crippen LogP contribution >= 0.6 is 0 Å². The zero-order valence-corrected chi connectivity index (χ0v) is 15.6. The van der Waals surface area contributed by atoms with Crippen molar-refractivity contribution in [1.82, 2.24) is 10.2 Å². The van der Waals surface area contributed by atoms with E-state index in [1.165, 1.54) is 12.1 Å². The maximum atomic E-state index is 13.5. The van der Waals surface area contributed by atoms with Crippen molar-refractivity contribution in [2.24, 2.45) is 0 Å². The molecule has 0 saturated heterocycles. The summed E-state index contributed by atoms with van der Waals surface area (Å²) < 4.78 is 24.3. The highest BCUT2D eigenvalue weighted by atomic mass is 19.1. The van der Waals surface area contributed by atoms with Crippen molar-refractivity contribution in [3.8, 4) is 11.5 Å². The summed E-state index contributed by atoms with van der Waals surface area (Å²) >= 11 is 0. The van der Waals surface area contributed by atoms with Gasteiger partial charge in [0.05, 0.1) is 19.8 Å². The molecular weight excluding hydrogens is 335 g/mol. The highest BCUT2D eigenvalue weighted by Gasteiger charge is 2.17. The molecule has 0 aromatic heterocycles. The molecular formula is C20H25FN2O3. The Labute approximate surface area is 153 Å². The zero-order valence-electron chi connectivity index (χ0n) is 15.6. The Kier molecular flexibility index (Phi) is 6.97. The Bertz CT molecular complexity index is 750. The Morgan fingerprint density at radius 3 is 2.58 bits per heavy atom. The maximum Gasteiger partial charge on any atom is 0.251 e. The molecule has 2 aromatic carbocycles. The highest BCUT2D eigenvalue weighted by molar-refractivity contribution is 5.94. The topological polar surface area (TPSA) is 50.8 Å². The van der Waals surface area contributed by atoms with Gasteiger partial charge in [-0.1, -0.05) is 12.1 Å². The molecule has 140 valence electrons.